The van der Waals surface area contributed by atoms with Gasteiger partial charge in [0.1, 0.15) is 18.8 Å². The van der Waals surface area contributed by atoms with E-state index in [-0.39, 0.29) is 28.6 Å². The van der Waals surface area contributed by atoms with Crippen LogP contribution in [0.3, 0.4) is 0 Å². The van der Waals surface area contributed by atoms with Gasteiger partial charge in [-0.1, -0.05) is 11.6 Å². The molecule has 6 nitrogen and oxygen atoms in total. The summed E-state index contributed by atoms with van der Waals surface area (Å²) >= 11 is 11.8. The van der Waals surface area contributed by atoms with Gasteiger partial charge in [0.15, 0.2) is 5.82 Å². The zero-order valence-corrected chi connectivity index (χ0v) is 16.9. The summed E-state index contributed by atoms with van der Waals surface area (Å²) < 4.78 is 25.2. The second kappa shape index (κ2) is 8.33. The monoisotopic (exact) mass is 418 g/mol. The quantitative estimate of drug-likeness (QED) is 0.569. The van der Waals surface area contributed by atoms with Crippen LogP contribution in [0, 0.1) is 0 Å². The highest BCUT2D eigenvalue weighted by molar-refractivity contribution is 7.70. The van der Waals surface area contributed by atoms with Crippen LogP contribution < -0.4 is 10.6 Å². The molecule has 2 aromatic rings. The van der Waals surface area contributed by atoms with E-state index in [1.165, 1.54) is 24.2 Å². The third-order valence-electron chi connectivity index (χ3n) is 3.56. The fraction of sp³-hybridized carbons (Fsp3) is 0.312. The molecule has 1 amide bonds. The van der Waals surface area contributed by atoms with Gasteiger partial charge in [0.25, 0.3) is 5.91 Å². The molecular weight excluding hydrogens is 401 g/mol. The fourth-order valence-corrected chi connectivity index (χ4v) is 3.66. The SMILES string of the molecule is CN(CCF)C(=O)c1ccc(Nc2nc(Cl)ncc2Cl)c(P(C)(C)=O)c1. The summed E-state index contributed by atoms with van der Waals surface area (Å²) in [6, 6.07) is 4.71. The third-order valence-corrected chi connectivity index (χ3v) is 5.55. The van der Waals surface area contributed by atoms with Crippen molar-refractivity contribution in [2.45, 2.75) is 0 Å². The normalized spacial score (nSPS) is 11.3. The number of hydrogen-bond donors (Lipinski definition) is 1. The summed E-state index contributed by atoms with van der Waals surface area (Å²) in [6.45, 7) is 2.52. The molecule has 140 valence electrons. The van der Waals surface area contributed by atoms with Crippen molar-refractivity contribution in [3.63, 3.8) is 0 Å². The molecule has 0 unspecified atom stereocenters. The minimum Gasteiger partial charge on any atom is -0.339 e. The molecule has 0 aliphatic rings. The van der Waals surface area contributed by atoms with Crippen LogP contribution in [0.5, 0.6) is 0 Å². The van der Waals surface area contributed by atoms with Crippen molar-refractivity contribution in [2.24, 2.45) is 0 Å². The fourth-order valence-electron chi connectivity index (χ4n) is 2.23. The number of nitrogens with zero attached hydrogens (tertiary/aromatic N) is 3. The summed E-state index contributed by atoms with van der Waals surface area (Å²) in [7, 11) is -1.25. The molecular formula is C16H18Cl2FN4O2P. The van der Waals surface area contributed by atoms with E-state index in [2.05, 4.69) is 15.3 Å². The van der Waals surface area contributed by atoms with E-state index in [9.17, 15) is 13.8 Å². The molecule has 0 saturated heterocycles. The number of hydrogen-bond acceptors (Lipinski definition) is 5. The number of nitrogens with one attached hydrogen (secondary N) is 1. The number of aromatic nitrogens is 2. The first-order chi connectivity index (χ1) is 12.1. The van der Waals surface area contributed by atoms with Crippen molar-refractivity contribution < 1.29 is 13.8 Å². The van der Waals surface area contributed by atoms with Crippen LogP contribution in [0.2, 0.25) is 10.3 Å². The minimum atomic E-state index is -2.76. The first kappa shape index (κ1) is 20.6. The van der Waals surface area contributed by atoms with E-state index in [1.807, 2.05) is 0 Å². The predicted molar refractivity (Wildman–Crippen MR) is 104 cm³/mol. The van der Waals surface area contributed by atoms with E-state index >= 15 is 0 Å². The molecule has 0 aliphatic heterocycles. The molecule has 0 atom stereocenters. The molecule has 10 heteroatoms. The average molecular weight is 419 g/mol. The molecule has 0 spiro atoms. The van der Waals surface area contributed by atoms with Gasteiger partial charge in [0.05, 0.1) is 11.9 Å². The third kappa shape index (κ3) is 4.93. The molecule has 26 heavy (non-hydrogen) atoms. The number of alkyl halides is 1. The highest BCUT2D eigenvalue weighted by atomic mass is 35.5. The van der Waals surface area contributed by atoms with Crippen molar-refractivity contribution >= 4 is 53.1 Å². The first-order valence-corrected chi connectivity index (χ1v) is 10.9. The van der Waals surface area contributed by atoms with Crippen LogP contribution in [0.15, 0.2) is 24.4 Å². The van der Waals surface area contributed by atoms with Crippen LogP contribution in [0.1, 0.15) is 10.4 Å². The standard InChI is InChI=1S/C16H18Cl2FN4O2P/c1-23(7-6-19)15(24)10-4-5-12(13(8-10)26(2,3)25)21-14-11(17)9-20-16(18)22-14/h4-5,8-9H,6-7H2,1-3H3,(H,20,21,22). The number of carbonyl (C=O) groups is 1. The highest BCUT2D eigenvalue weighted by Gasteiger charge is 2.21. The lowest BCUT2D eigenvalue weighted by atomic mass is 10.2. The maximum absolute atomic E-state index is 12.7. The van der Waals surface area contributed by atoms with Gasteiger partial charge < -0.3 is 14.8 Å². The lowest BCUT2D eigenvalue weighted by molar-refractivity contribution is 0.0786. The largest absolute Gasteiger partial charge is 0.339 e. The van der Waals surface area contributed by atoms with Crippen molar-refractivity contribution in [1.29, 1.82) is 0 Å². The summed E-state index contributed by atoms with van der Waals surface area (Å²) in [6.07, 6.45) is 1.35. The van der Waals surface area contributed by atoms with Crippen LogP contribution in [-0.4, -0.2) is 54.4 Å². The van der Waals surface area contributed by atoms with Crippen LogP contribution in [0.25, 0.3) is 0 Å². The van der Waals surface area contributed by atoms with Gasteiger partial charge in [0.2, 0.25) is 5.28 Å². The Morgan fingerprint density at radius 3 is 2.65 bits per heavy atom. The zero-order chi connectivity index (χ0) is 19.5. The average Bonchev–Trinajstić information content (AvgIpc) is 2.57. The van der Waals surface area contributed by atoms with Gasteiger partial charge in [-0.05, 0) is 43.1 Å². The molecule has 0 radical (unpaired) electrons. The van der Waals surface area contributed by atoms with E-state index < -0.39 is 13.8 Å². The maximum atomic E-state index is 12.7. The molecule has 0 bridgehead atoms. The minimum absolute atomic E-state index is 0.00859. The lowest BCUT2D eigenvalue weighted by Gasteiger charge is -2.19. The summed E-state index contributed by atoms with van der Waals surface area (Å²) in [5, 5.41) is 3.68. The van der Waals surface area contributed by atoms with E-state index in [0.29, 0.717) is 16.6 Å². The maximum Gasteiger partial charge on any atom is 0.253 e. The van der Waals surface area contributed by atoms with E-state index in [4.69, 9.17) is 23.2 Å². The van der Waals surface area contributed by atoms with Gasteiger partial charge in [-0.15, -0.1) is 0 Å². The predicted octanol–water partition coefficient (Wildman–Crippen LogP) is 3.82. The first-order valence-electron chi connectivity index (χ1n) is 7.59. The van der Waals surface area contributed by atoms with Crippen molar-refractivity contribution in [3.05, 3.63) is 40.3 Å². The Labute approximate surface area is 161 Å². The van der Waals surface area contributed by atoms with Crippen molar-refractivity contribution in [1.82, 2.24) is 14.9 Å². The smallest absolute Gasteiger partial charge is 0.253 e. The number of halogens is 3. The van der Waals surface area contributed by atoms with Gasteiger partial charge in [-0.25, -0.2) is 9.37 Å². The van der Waals surface area contributed by atoms with Gasteiger partial charge in [-0.3, -0.25) is 4.79 Å². The van der Waals surface area contributed by atoms with Gasteiger partial charge >= 0.3 is 0 Å². The molecule has 1 N–H and O–H groups in total. The topological polar surface area (TPSA) is 75.2 Å². The van der Waals surface area contributed by atoms with Crippen LogP contribution in [-0.2, 0) is 4.57 Å². The molecule has 1 aromatic carbocycles. The molecule has 1 aromatic heterocycles. The molecule has 0 aliphatic carbocycles. The van der Waals surface area contributed by atoms with Gasteiger partial charge in [0, 0.05) is 24.5 Å². The number of anilines is 2. The summed E-state index contributed by atoms with van der Waals surface area (Å²) in [5.74, 6) is -0.0954. The second-order valence-electron chi connectivity index (χ2n) is 5.96. The highest BCUT2D eigenvalue weighted by Crippen LogP contribution is 2.39. The van der Waals surface area contributed by atoms with Crippen molar-refractivity contribution in [2.75, 3.05) is 38.9 Å². The molecule has 0 fully saturated rings. The molecule has 2 rings (SSSR count). The van der Waals surface area contributed by atoms with E-state index in [0.717, 1.165) is 0 Å². The van der Waals surface area contributed by atoms with Crippen LogP contribution in [0.4, 0.5) is 15.9 Å². The Hall–Kier alpha value is -1.69. The lowest BCUT2D eigenvalue weighted by Crippen LogP contribution is -2.29. The number of carbonyl (C=O) groups excluding carboxylic acids is 1. The number of benzene rings is 1. The summed E-state index contributed by atoms with van der Waals surface area (Å²) in [5.41, 5.74) is 0.803. The number of rotatable bonds is 6. The zero-order valence-electron chi connectivity index (χ0n) is 14.5. The Morgan fingerprint density at radius 2 is 2.04 bits per heavy atom. The molecule has 1 heterocycles. The Balaban J connectivity index is 2.46. The Kier molecular flexibility index (Phi) is 6.61. The van der Waals surface area contributed by atoms with Gasteiger partial charge in [-0.2, -0.15) is 4.98 Å². The number of amides is 1. The summed E-state index contributed by atoms with van der Waals surface area (Å²) in [4.78, 5) is 21.4. The molecule has 0 saturated carbocycles. The van der Waals surface area contributed by atoms with Crippen molar-refractivity contribution in [3.8, 4) is 0 Å². The Morgan fingerprint density at radius 1 is 1.35 bits per heavy atom. The van der Waals surface area contributed by atoms with E-state index in [1.54, 1.807) is 25.5 Å². The Bertz CT molecular complexity index is 875. The van der Waals surface area contributed by atoms with Crippen LogP contribution >= 0.6 is 30.3 Å². The second-order valence-corrected chi connectivity index (χ2v) is 9.89.